The van der Waals surface area contributed by atoms with E-state index >= 15 is 0 Å². The van der Waals surface area contributed by atoms with Crippen molar-refractivity contribution in [2.45, 2.75) is 43.2 Å². The van der Waals surface area contributed by atoms with Crippen LogP contribution in [-0.4, -0.2) is 44.6 Å². The summed E-state index contributed by atoms with van der Waals surface area (Å²) >= 11 is 1.15. The molecule has 2 amide bonds. The van der Waals surface area contributed by atoms with Crippen molar-refractivity contribution in [1.82, 2.24) is 14.5 Å². The van der Waals surface area contributed by atoms with Crippen molar-refractivity contribution < 1.29 is 22.8 Å². The molecule has 1 aliphatic rings. The van der Waals surface area contributed by atoms with Gasteiger partial charge in [0.2, 0.25) is 11.8 Å². The van der Waals surface area contributed by atoms with Gasteiger partial charge in [-0.15, -0.1) is 0 Å². The topological polar surface area (TPSA) is 81.2 Å². The van der Waals surface area contributed by atoms with E-state index in [0.29, 0.717) is 30.2 Å². The highest BCUT2D eigenvalue weighted by atomic mass is 32.2. The molecule has 33 heavy (non-hydrogen) atoms. The number of fused-ring (bicyclic) bond motifs is 1. The van der Waals surface area contributed by atoms with Crippen LogP contribution in [0.15, 0.2) is 53.7 Å². The number of likely N-dealkylation sites (tertiary alicyclic amines) is 1. The Labute approximate surface area is 192 Å². The van der Waals surface area contributed by atoms with Crippen molar-refractivity contribution in [2.75, 3.05) is 12.3 Å². The first-order valence-electron chi connectivity index (χ1n) is 10.6. The number of rotatable bonds is 6. The fraction of sp³-hybridized carbons (Fsp3) is 0.348. The number of benzene rings is 2. The third-order valence-electron chi connectivity index (χ3n) is 5.70. The molecule has 0 radical (unpaired) electrons. The van der Waals surface area contributed by atoms with Crippen molar-refractivity contribution in [3.63, 3.8) is 0 Å². The Bertz CT molecular complexity index is 1160. The Morgan fingerprint density at radius 3 is 2.58 bits per heavy atom. The van der Waals surface area contributed by atoms with Gasteiger partial charge in [0.15, 0.2) is 5.16 Å². The summed E-state index contributed by atoms with van der Waals surface area (Å²) in [4.78, 5) is 30.5. The van der Waals surface area contributed by atoms with Crippen LogP contribution >= 0.6 is 11.8 Å². The van der Waals surface area contributed by atoms with Crippen molar-refractivity contribution in [2.24, 2.45) is 5.73 Å². The van der Waals surface area contributed by atoms with E-state index in [0.717, 1.165) is 42.3 Å². The number of aromatic nitrogens is 2. The molecule has 0 saturated carbocycles. The predicted molar refractivity (Wildman–Crippen MR) is 120 cm³/mol. The normalized spacial score (nSPS) is 16.8. The summed E-state index contributed by atoms with van der Waals surface area (Å²) in [5.74, 6) is -0.754. The van der Waals surface area contributed by atoms with Gasteiger partial charge in [0.1, 0.15) is 6.04 Å². The van der Waals surface area contributed by atoms with Crippen LogP contribution in [0.2, 0.25) is 0 Å². The Hall–Kier alpha value is -3.01. The molecule has 1 fully saturated rings. The van der Waals surface area contributed by atoms with Crippen molar-refractivity contribution in [3.05, 3.63) is 59.7 Å². The van der Waals surface area contributed by atoms with Crippen LogP contribution in [0.4, 0.5) is 13.2 Å². The van der Waals surface area contributed by atoms with E-state index in [1.54, 1.807) is 0 Å². The average molecular weight is 477 g/mol. The first-order valence-corrected chi connectivity index (χ1v) is 11.6. The summed E-state index contributed by atoms with van der Waals surface area (Å²) in [7, 11) is 0. The highest BCUT2D eigenvalue weighted by molar-refractivity contribution is 7.99. The minimum Gasteiger partial charge on any atom is -0.368 e. The number of hydrogen-bond donors (Lipinski definition) is 1. The average Bonchev–Trinajstić information content (AvgIpc) is 3.14. The number of carbonyl (C=O) groups is 2. The highest BCUT2D eigenvalue weighted by Gasteiger charge is 2.32. The summed E-state index contributed by atoms with van der Waals surface area (Å²) in [6.45, 7) is 0.856. The molecule has 1 aliphatic heterocycles. The molecule has 2 heterocycles. The van der Waals surface area contributed by atoms with E-state index in [1.165, 1.54) is 11.0 Å². The number of halogens is 3. The number of thioether (sulfide) groups is 1. The van der Waals surface area contributed by atoms with Crippen LogP contribution in [0.5, 0.6) is 0 Å². The van der Waals surface area contributed by atoms with Gasteiger partial charge in [-0.05, 0) is 43.0 Å². The zero-order valence-corrected chi connectivity index (χ0v) is 18.5. The number of nitrogens with zero attached hydrogens (tertiary/aromatic N) is 3. The first-order chi connectivity index (χ1) is 15.7. The molecule has 2 aromatic carbocycles. The van der Waals surface area contributed by atoms with Gasteiger partial charge in [0, 0.05) is 6.54 Å². The molecule has 174 valence electrons. The number of imidazole rings is 1. The molecule has 1 aromatic heterocycles. The monoisotopic (exact) mass is 476 g/mol. The van der Waals surface area contributed by atoms with E-state index in [-0.39, 0.29) is 17.2 Å². The zero-order valence-electron chi connectivity index (χ0n) is 17.7. The van der Waals surface area contributed by atoms with Gasteiger partial charge in [-0.25, -0.2) is 4.98 Å². The first kappa shape index (κ1) is 23.2. The van der Waals surface area contributed by atoms with Gasteiger partial charge in [0.25, 0.3) is 0 Å². The molecule has 3 aromatic rings. The second-order valence-corrected chi connectivity index (χ2v) is 8.90. The maximum Gasteiger partial charge on any atom is 0.416 e. The molecular formula is C23H23F3N4O2S. The summed E-state index contributed by atoms with van der Waals surface area (Å²) in [6.07, 6.45) is -2.30. The summed E-state index contributed by atoms with van der Waals surface area (Å²) < 4.78 is 41.4. The number of piperidine rings is 1. The van der Waals surface area contributed by atoms with Crippen LogP contribution in [0, 0.1) is 0 Å². The van der Waals surface area contributed by atoms with Gasteiger partial charge >= 0.3 is 6.18 Å². The Kier molecular flexibility index (Phi) is 6.64. The second-order valence-electron chi connectivity index (χ2n) is 7.96. The largest absolute Gasteiger partial charge is 0.416 e. The lowest BCUT2D eigenvalue weighted by atomic mass is 10.0. The molecule has 4 rings (SSSR count). The molecule has 1 unspecified atom stereocenters. The molecule has 0 aliphatic carbocycles. The van der Waals surface area contributed by atoms with E-state index in [9.17, 15) is 22.8 Å². The fourth-order valence-corrected chi connectivity index (χ4v) is 4.95. The molecule has 0 spiro atoms. The van der Waals surface area contributed by atoms with Gasteiger partial charge < -0.3 is 15.2 Å². The third kappa shape index (κ3) is 5.16. The number of carbonyl (C=O) groups excluding carboxylic acids is 2. The molecule has 1 atom stereocenters. The van der Waals surface area contributed by atoms with Crippen LogP contribution in [0.25, 0.3) is 11.0 Å². The van der Waals surface area contributed by atoms with Crippen LogP contribution in [0.1, 0.15) is 30.4 Å². The van der Waals surface area contributed by atoms with E-state index < -0.39 is 23.7 Å². The molecule has 6 nitrogen and oxygen atoms in total. The molecule has 2 N–H and O–H groups in total. The predicted octanol–water partition coefficient (Wildman–Crippen LogP) is 4.06. The van der Waals surface area contributed by atoms with Crippen LogP contribution in [0.3, 0.4) is 0 Å². The van der Waals surface area contributed by atoms with Gasteiger partial charge in [-0.2, -0.15) is 13.2 Å². The molecule has 0 bridgehead atoms. The minimum absolute atomic E-state index is 0.00796. The molecule has 10 heteroatoms. The van der Waals surface area contributed by atoms with Crippen LogP contribution in [-0.2, 0) is 22.3 Å². The summed E-state index contributed by atoms with van der Waals surface area (Å²) in [6, 6.07) is 12.3. The quantitative estimate of drug-likeness (QED) is 0.544. The Morgan fingerprint density at radius 1 is 1.12 bits per heavy atom. The lowest BCUT2D eigenvalue weighted by molar-refractivity contribution is -0.138. The maximum atomic E-state index is 13.2. The molecular weight excluding hydrogens is 453 g/mol. The lowest BCUT2D eigenvalue weighted by Gasteiger charge is -2.33. The van der Waals surface area contributed by atoms with Crippen molar-refractivity contribution >= 4 is 34.6 Å². The number of nitrogens with two attached hydrogens (primary N) is 1. The van der Waals surface area contributed by atoms with E-state index in [2.05, 4.69) is 4.98 Å². The number of alkyl halides is 3. The fourth-order valence-electron chi connectivity index (χ4n) is 4.05. The van der Waals surface area contributed by atoms with Crippen LogP contribution < -0.4 is 5.73 Å². The number of hydrogen-bond acceptors (Lipinski definition) is 4. The zero-order chi connectivity index (χ0) is 23.6. The Balaban J connectivity index is 1.63. The minimum atomic E-state index is -4.47. The van der Waals surface area contributed by atoms with E-state index in [4.69, 9.17) is 5.73 Å². The number of primary amides is 1. The number of amides is 2. The molecule has 1 saturated heterocycles. The lowest BCUT2D eigenvalue weighted by Crippen LogP contribution is -2.51. The van der Waals surface area contributed by atoms with Gasteiger partial charge in [-0.3, -0.25) is 9.59 Å². The van der Waals surface area contributed by atoms with Crippen molar-refractivity contribution in [1.29, 1.82) is 0 Å². The summed E-state index contributed by atoms with van der Waals surface area (Å²) in [5.41, 5.74) is 6.41. The van der Waals surface area contributed by atoms with Crippen molar-refractivity contribution in [3.8, 4) is 0 Å². The Morgan fingerprint density at radius 2 is 1.88 bits per heavy atom. The summed E-state index contributed by atoms with van der Waals surface area (Å²) in [5, 5.41) is 0.439. The SMILES string of the molecule is NC(=O)C1CCCCN1C(=O)CSc1nc2cc(C(F)(F)F)ccc2n1Cc1ccccc1. The maximum absolute atomic E-state index is 13.2. The van der Waals surface area contributed by atoms with E-state index in [1.807, 2.05) is 34.9 Å². The van der Waals surface area contributed by atoms with Gasteiger partial charge in [0.05, 0.1) is 28.9 Å². The third-order valence-corrected chi connectivity index (χ3v) is 6.66. The standard InChI is InChI=1S/C23H23F3N4O2S/c24-23(25,26)16-9-10-18-17(12-16)28-22(30(18)13-15-6-2-1-3-7-15)33-14-20(31)29-11-5-4-8-19(29)21(27)32/h1-3,6-7,9-10,12,19H,4-5,8,11,13-14H2,(H2,27,32). The highest BCUT2D eigenvalue weighted by Crippen LogP contribution is 2.33. The second kappa shape index (κ2) is 9.46. The van der Waals surface area contributed by atoms with Gasteiger partial charge in [-0.1, -0.05) is 42.1 Å². The smallest absolute Gasteiger partial charge is 0.368 e.